The Balaban J connectivity index is 1.50. The normalized spacial score (nSPS) is 20.4. The van der Waals surface area contributed by atoms with E-state index >= 15 is 0 Å². The minimum atomic E-state index is -3.76. The van der Waals surface area contributed by atoms with Crippen molar-refractivity contribution in [3.63, 3.8) is 0 Å². The first-order valence-corrected chi connectivity index (χ1v) is 12.8. The number of ether oxygens (including phenoxy) is 2. The van der Waals surface area contributed by atoms with Crippen molar-refractivity contribution < 1.29 is 27.5 Å². The van der Waals surface area contributed by atoms with Gasteiger partial charge in [-0.2, -0.15) is 4.31 Å². The Hall–Kier alpha value is -2.95. The lowest BCUT2D eigenvalue weighted by Gasteiger charge is -2.26. The van der Waals surface area contributed by atoms with Gasteiger partial charge in [-0.1, -0.05) is 25.1 Å². The molecule has 2 aromatic rings. The number of hydrogen-bond donors (Lipinski definition) is 2. The van der Waals surface area contributed by atoms with Gasteiger partial charge in [-0.3, -0.25) is 9.59 Å². The number of amides is 2. The summed E-state index contributed by atoms with van der Waals surface area (Å²) in [7, 11) is -3.76. The molecule has 2 atom stereocenters. The lowest BCUT2D eigenvalue weighted by atomic mass is 10.2. The Morgan fingerprint density at radius 1 is 1.12 bits per heavy atom. The van der Waals surface area contributed by atoms with Gasteiger partial charge >= 0.3 is 0 Å². The second-order valence-corrected chi connectivity index (χ2v) is 10.4. The van der Waals surface area contributed by atoms with Gasteiger partial charge in [-0.05, 0) is 42.7 Å². The molecule has 1 aliphatic heterocycles. The van der Waals surface area contributed by atoms with Crippen LogP contribution < -0.4 is 15.4 Å². The standard InChI is InChI=1S/C24H29N3O6S/c1-17-15-20(17)24(29)25-10-9-23(28)26-21-16-19(34(30,31)27-11-13-32-14-12-27)7-8-22(21)33-18-5-3-2-4-6-18/h2-8,16-17,20H,9-15H2,1H3,(H,25,29)(H,26,28). The number of nitrogens with zero attached hydrogens (tertiary/aromatic N) is 1. The van der Waals surface area contributed by atoms with E-state index in [2.05, 4.69) is 10.6 Å². The van der Waals surface area contributed by atoms with E-state index in [1.165, 1.54) is 22.5 Å². The monoisotopic (exact) mass is 487 g/mol. The number of sulfonamides is 1. The molecule has 34 heavy (non-hydrogen) atoms. The summed E-state index contributed by atoms with van der Waals surface area (Å²) in [5.41, 5.74) is 0.241. The summed E-state index contributed by atoms with van der Waals surface area (Å²) in [5.74, 6) is 0.901. The highest BCUT2D eigenvalue weighted by molar-refractivity contribution is 7.89. The molecular formula is C24H29N3O6S. The molecule has 9 nitrogen and oxygen atoms in total. The second-order valence-electron chi connectivity index (χ2n) is 8.50. The van der Waals surface area contributed by atoms with Gasteiger partial charge in [0, 0.05) is 32.0 Å². The summed E-state index contributed by atoms with van der Waals surface area (Å²) in [5, 5.41) is 5.53. The summed E-state index contributed by atoms with van der Waals surface area (Å²) in [6.45, 7) is 3.43. The molecule has 1 saturated carbocycles. The summed E-state index contributed by atoms with van der Waals surface area (Å²) in [6, 6.07) is 13.4. The lowest BCUT2D eigenvalue weighted by molar-refractivity contribution is -0.122. The summed E-state index contributed by atoms with van der Waals surface area (Å²) < 4.78 is 38.7. The van der Waals surface area contributed by atoms with Crippen LogP contribution in [0.2, 0.25) is 0 Å². The third kappa shape index (κ3) is 5.94. The van der Waals surface area contributed by atoms with Crippen molar-refractivity contribution in [2.75, 3.05) is 38.2 Å². The molecule has 2 aromatic carbocycles. The van der Waals surface area contributed by atoms with Crippen molar-refractivity contribution in [3.05, 3.63) is 48.5 Å². The Morgan fingerprint density at radius 3 is 2.50 bits per heavy atom. The van der Waals surface area contributed by atoms with Crippen molar-refractivity contribution in [2.45, 2.75) is 24.7 Å². The van der Waals surface area contributed by atoms with Crippen LogP contribution in [0.25, 0.3) is 0 Å². The van der Waals surface area contributed by atoms with Crippen LogP contribution in [0, 0.1) is 11.8 Å². The van der Waals surface area contributed by atoms with E-state index in [-0.39, 0.29) is 54.4 Å². The van der Waals surface area contributed by atoms with Crippen LogP contribution in [0.3, 0.4) is 0 Å². The van der Waals surface area contributed by atoms with E-state index in [1.807, 2.05) is 25.1 Å². The molecule has 2 fully saturated rings. The van der Waals surface area contributed by atoms with E-state index in [9.17, 15) is 18.0 Å². The molecule has 2 amide bonds. The number of carbonyl (C=O) groups excluding carboxylic acids is 2. The first-order valence-electron chi connectivity index (χ1n) is 11.4. The molecule has 1 saturated heterocycles. The van der Waals surface area contributed by atoms with Gasteiger partial charge in [0.05, 0.1) is 23.8 Å². The molecule has 182 valence electrons. The molecule has 2 unspecified atom stereocenters. The largest absolute Gasteiger partial charge is 0.455 e. The number of benzene rings is 2. The van der Waals surface area contributed by atoms with E-state index in [1.54, 1.807) is 12.1 Å². The van der Waals surface area contributed by atoms with Crippen LogP contribution in [-0.4, -0.2) is 57.4 Å². The molecule has 2 N–H and O–H groups in total. The number of rotatable bonds is 9. The fraction of sp³-hybridized carbons (Fsp3) is 0.417. The molecule has 10 heteroatoms. The van der Waals surface area contributed by atoms with Crippen LogP contribution >= 0.6 is 0 Å². The fourth-order valence-electron chi connectivity index (χ4n) is 3.74. The smallest absolute Gasteiger partial charge is 0.243 e. The zero-order valence-corrected chi connectivity index (χ0v) is 19.8. The van der Waals surface area contributed by atoms with E-state index < -0.39 is 10.0 Å². The van der Waals surface area contributed by atoms with Crippen molar-refractivity contribution in [1.29, 1.82) is 0 Å². The zero-order valence-electron chi connectivity index (χ0n) is 19.0. The quantitative estimate of drug-likeness (QED) is 0.562. The predicted octanol–water partition coefficient (Wildman–Crippen LogP) is 2.60. The van der Waals surface area contributed by atoms with Gasteiger partial charge in [0.1, 0.15) is 5.75 Å². The van der Waals surface area contributed by atoms with Gasteiger partial charge in [-0.15, -0.1) is 0 Å². The molecule has 2 aliphatic rings. The van der Waals surface area contributed by atoms with E-state index in [0.717, 1.165) is 6.42 Å². The molecule has 0 bridgehead atoms. The molecule has 1 heterocycles. The fourth-order valence-corrected chi connectivity index (χ4v) is 5.17. The van der Waals surface area contributed by atoms with Crippen LogP contribution in [-0.2, 0) is 24.3 Å². The van der Waals surface area contributed by atoms with Crippen LogP contribution in [0.15, 0.2) is 53.4 Å². The van der Waals surface area contributed by atoms with Crippen molar-refractivity contribution in [2.24, 2.45) is 11.8 Å². The zero-order chi connectivity index (χ0) is 24.1. The average Bonchev–Trinajstić information content (AvgIpc) is 3.58. The molecule has 0 spiro atoms. The maximum atomic E-state index is 13.1. The number of nitrogens with one attached hydrogen (secondary N) is 2. The Kier molecular flexibility index (Phi) is 7.50. The summed E-state index contributed by atoms with van der Waals surface area (Å²) in [4.78, 5) is 24.6. The Bertz CT molecular complexity index is 1130. The van der Waals surface area contributed by atoms with Crippen LogP contribution in [0.4, 0.5) is 5.69 Å². The molecule has 1 aliphatic carbocycles. The van der Waals surface area contributed by atoms with Crippen molar-refractivity contribution >= 4 is 27.5 Å². The number of hydrogen-bond acceptors (Lipinski definition) is 6. The Morgan fingerprint density at radius 2 is 1.82 bits per heavy atom. The molecule has 0 aromatic heterocycles. The molecule has 4 rings (SSSR count). The van der Waals surface area contributed by atoms with E-state index in [0.29, 0.717) is 30.6 Å². The maximum Gasteiger partial charge on any atom is 0.243 e. The first-order chi connectivity index (χ1) is 16.3. The highest BCUT2D eigenvalue weighted by Gasteiger charge is 2.38. The second kappa shape index (κ2) is 10.5. The van der Waals surface area contributed by atoms with Gasteiger partial charge in [-0.25, -0.2) is 8.42 Å². The molecule has 0 radical (unpaired) electrons. The first kappa shape index (κ1) is 24.2. The van der Waals surface area contributed by atoms with Crippen molar-refractivity contribution in [3.8, 4) is 11.5 Å². The highest BCUT2D eigenvalue weighted by Crippen LogP contribution is 2.37. The lowest BCUT2D eigenvalue weighted by Crippen LogP contribution is -2.40. The van der Waals surface area contributed by atoms with E-state index in [4.69, 9.17) is 9.47 Å². The minimum absolute atomic E-state index is 0.0352. The topological polar surface area (TPSA) is 114 Å². The minimum Gasteiger partial charge on any atom is -0.455 e. The number of anilines is 1. The summed E-state index contributed by atoms with van der Waals surface area (Å²) in [6.07, 6.45) is 0.931. The van der Waals surface area contributed by atoms with Gasteiger partial charge in [0.15, 0.2) is 5.75 Å². The third-order valence-corrected chi connectivity index (χ3v) is 7.80. The Labute approximate surface area is 199 Å². The van der Waals surface area contributed by atoms with Gasteiger partial charge in [0.25, 0.3) is 0 Å². The number of carbonyl (C=O) groups is 2. The predicted molar refractivity (Wildman–Crippen MR) is 126 cm³/mol. The summed E-state index contributed by atoms with van der Waals surface area (Å²) >= 11 is 0. The van der Waals surface area contributed by atoms with Gasteiger partial charge < -0.3 is 20.1 Å². The number of para-hydroxylation sites is 1. The van der Waals surface area contributed by atoms with Crippen LogP contribution in [0.1, 0.15) is 19.8 Å². The average molecular weight is 488 g/mol. The van der Waals surface area contributed by atoms with Crippen LogP contribution in [0.5, 0.6) is 11.5 Å². The highest BCUT2D eigenvalue weighted by atomic mass is 32.2. The number of morpholine rings is 1. The molecular weight excluding hydrogens is 458 g/mol. The van der Waals surface area contributed by atoms with Gasteiger partial charge in [0.2, 0.25) is 21.8 Å². The SMILES string of the molecule is CC1CC1C(=O)NCCC(=O)Nc1cc(S(=O)(=O)N2CCOCC2)ccc1Oc1ccccc1. The maximum absolute atomic E-state index is 13.1. The third-order valence-electron chi connectivity index (χ3n) is 5.90. The van der Waals surface area contributed by atoms with Crippen molar-refractivity contribution in [1.82, 2.24) is 9.62 Å².